The van der Waals surface area contributed by atoms with Crippen molar-refractivity contribution in [2.75, 3.05) is 5.73 Å². The SMILES string of the molecule is NC(=O)c1cc(N)c(C(F)F)c(I)n1. The van der Waals surface area contributed by atoms with Gasteiger partial charge < -0.3 is 11.5 Å². The molecule has 1 heterocycles. The fourth-order valence-electron chi connectivity index (χ4n) is 0.885. The standard InChI is InChI=1S/C7H6F2IN3O/c8-5(9)4-2(11)1-3(7(12)14)13-6(4)10/h1,5H,(H2,11,13)(H2,12,14). The Balaban J connectivity index is 3.32. The number of anilines is 1. The van der Waals surface area contributed by atoms with E-state index in [0.717, 1.165) is 6.07 Å². The molecule has 14 heavy (non-hydrogen) atoms. The zero-order valence-corrected chi connectivity index (χ0v) is 8.96. The number of amides is 1. The Morgan fingerprint density at radius 3 is 2.50 bits per heavy atom. The van der Waals surface area contributed by atoms with Crippen LogP contribution < -0.4 is 11.5 Å². The summed E-state index contributed by atoms with van der Waals surface area (Å²) < 4.78 is 24.8. The quantitative estimate of drug-likeness (QED) is 0.638. The highest BCUT2D eigenvalue weighted by Crippen LogP contribution is 2.28. The summed E-state index contributed by atoms with van der Waals surface area (Å²) in [4.78, 5) is 14.3. The highest BCUT2D eigenvalue weighted by Gasteiger charge is 2.18. The molecule has 1 rings (SSSR count). The van der Waals surface area contributed by atoms with Crippen LogP contribution in [-0.2, 0) is 0 Å². The average molecular weight is 313 g/mol. The van der Waals surface area contributed by atoms with Crippen molar-refractivity contribution in [1.29, 1.82) is 0 Å². The molecule has 0 aliphatic heterocycles. The topological polar surface area (TPSA) is 82.0 Å². The van der Waals surface area contributed by atoms with E-state index in [1.54, 1.807) is 22.6 Å². The van der Waals surface area contributed by atoms with Crippen molar-refractivity contribution in [3.63, 3.8) is 0 Å². The largest absolute Gasteiger partial charge is 0.398 e. The number of carbonyl (C=O) groups excluding carboxylic acids is 1. The molecular formula is C7H6F2IN3O. The van der Waals surface area contributed by atoms with E-state index in [1.807, 2.05) is 0 Å². The van der Waals surface area contributed by atoms with E-state index in [0.29, 0.717) is 0 Å². The maximum Gasteiger partial charge on any atom is 0.268 e. The lowest BCUT2D eigenvalue weighted by molar-refractivity contribution is 0.0994. The molecule has 76 valence electrons. The van der Waals surface area contributed by atoms with Gasteiger partial charge in [0.1, 0.15) is 9.39 Å². The molecule has 7 heteroatoms. The predicted molar refractivity (Wildman–Crippen MR) is 54.8 cm³/mol. The van der Waals surface area contributed by atoms with Crippen molar-refractivity contribution in [2.45, 2.75) is 6.43 Å². The first-order chi connectivity index (χ1) is 6.43. The van der Waals surface area contributed by atoms with Gasteiger partial charge in [-0.2, -0.15) is 0 Å². The summed E-state index contributed by atoms with van der Waals surface area (Å²) in [5.41, 5.74) is 9.61. The summed E-state index contributed by atoms with van der Waals surface area (Å²) in [6, 6.07) is 1.05. The molecule has 0 spiro atoms. The van der Waals surface area contributed by atoms with Gasteiger partial charge in [-0.15, -0.1) is 0 Å². The molecule has 4 N–H and O–H groups in total. The van der Waals surface area contributed by atoms with Crippen LogP contribution in [0.15, 0.2) is 6.07 Å². The molecule has 0 atom stereocenters. The summed E-state index contributed by atoms with van der Waals surface area (Å²) in [5, 5.41) is 0. The van der Waals surface area contributed by atoms with E-state index >= 15 is 0 Å². The number of rotatable bonds is 2. The number of halogens is 3. The van der Waals surface area contributed by atoms with Crippen LogP contribution in [0.3, 0.4) is 0 Å². The van der Waals surface area contributed by atoms with Gasteiger partial charge in [-0.25, -0.2) is 13.8 Å². The summed E-state index contributed by atoms with van der Waals surface area (Å²) in [6.45, 7) is 0. The Kier molecular flexibility index (Phi) is 3.19. The van der Waals surface area contributed by atoms with Gasteiger partial charge in [0.15, 0.2) is 0 Å². The van der Waals surface area contributed by atoms with Crippen LogP contribution in [0, 0.1) is 3.70 Å². The van der Waals surface area contributed by atoms with Crippen molar-refractivity contribution in [3.05, 3.63) is 21.0 Å². The van der Waals surface area contributed by atoms with Crippen LogP contribution in [0.25, 0.3) is 0 Å². The highest BCUT2D eigenvalue weighted by molar-refractivity contribution is 14.1. The molecular weight excluding hydrogens is 307 g/mol. The van der Waals surface area contributed by atoms with E-state index < -0.39 is 12.3 Å². The van der Waals surface area contributed by atoms with Gasteiger partial charge in [-0.05, 0) is 28.7 Å². The molecule has 1 amide bonds. The van der Waals surface area contributed by atoms with Crippen molar-refractivity contribution < 1.29 is 13.6 Å². The molecule has 0 fully saturated rings. The van der Waals surface area contributed by atoms with Crippen LogP contribution in [0.5, 0.6) is 0 Å². The molecule has 0 unspecified atom stereocenters. The second-order valence-corrected chi connectivity index (χ2v) is 3.49. The number of aromatic nitrogens is 1. The van der Waals surface area contributed by atoms with Gasteiger partial charge in [-0.3, -0.25) is 4.79 Å². The van der Waals surface area contributed by atoms with Crippen molar-refractivity contribution in [3.8, 4) is 0 Å². The summed E-state index contributed by atoms with van der Waals surface area (Å²) in [6.07, 6.45) is -2.71. The molecule has 0 aliphatic carbocycles. The predicted octanol–water partition coefficient (Wildman–Crippen LogP) is 1.30. The molecule has 1 aromatic heterocycles. The molecule has 0 saturated carbocycles. The third-order valence-electron chi connectivity index (χ3n) is 1.51. The van der Waals surface area contributed by atoms with Gasteiger partial charge in [0.05, 0.1) is 5.56 Å². The molecule has 0 aliphatic rings. The zero-order valence-electron chi connectivity index (χ0n) is 6.80. The number of nitrogens with zero attached hydrogens (tertiary/aromatic N) is 1. The zero-order chi connectivity index (χ0) is 10.9. The molecule has 0 radical (unpaired) electrons. The Bertz CT molecular complexity index is 360. The van der Waals surface area contributed by atoms with E-state index in [-0.39, 0.29) is 20.6 Å². The number of pyridine rings is 1. The van der Waals surface area contributed by atoms with Gasteiger partial charge >= 0.3 is 0 Å². The monoisotopic (exact) mass is 313 g/mol. The summed E-state index contributed by atoms with van der Waals surface area (Å²) in [7, 11) is 0. The first kappa shape index (κ1) is 11.1. The maximum atomic E-state index is 12.4. The fraction of sp³-hybridized carbons (Fsp3) is 0.143. The Hall–Kier alpha value is -0.990. The van der Waals surface area contributed by atoms with Crippen molar-refractivity contribution in [2.24, 2.45) is 5.73 Å². The van der Waals surface area contributed by atoms with E-state index in [4.69, 9.17) is 11.5 Å². The van der Waals surface area contributed by atoms with Crippen LogP contribution in [0.4, 0.5) is 14.5 Å². The van der Waals surface area contributed by atoms with E-state index in [1.165, 1.54) is 0 Å². The average Bonchev–Trinajstić information content (AvgIpc) is 2.01. The Labute approximate surface area is 91.8 Å². The first-order valence-electron chi connectivity index (χ1n) is 3.47. The minimum atomic E-state index is -2.71. The third-order valence-corrected chi connectivity index (χ3v) is 2.34. The second-order valence-electron chi connectivity index (χ2n) is 2.47. The minimum absolute atomic E-state index is 0.00796. The highest BCUT2D eigenvalue weighted by atomic mass is 127. The van der Waals surface area contributed by atoms with Crippen LogP contribution >= 0.6 is 22.6 Å². The third kappa shape index (κ3) is 2.08. The lowest BCUT2D eigenvalue weighted by Gasteiger charge is -2.07. The number of primary amides is 1. The number of nitrogen functional groups attached to an aromatic ring is 1. The van der Waals surface area contributed by atoms with Crippen LogP contribution in [-0.4, -0.2) is 10.9 Å². The number of alkyl halides is 2. The summed E-state index contributed by atoms with van der Waals surface area (Å²) in [5.74, 6) is -0.796. The van der Waals surface area contributed by atoms with Gasteiger partial charge in [-0.1, -0.05) is 0 Å². The van der Waals surface area contributed by atoms with Crippen molar-refractivity contribution >= 4 is 34.2 Å². The maximum absolute atomic E-state index is 12.4. The normalized spacial score (nSPS) is 10.6. The molecule has 4 nitrogen and oxygen atoms in total. The van der Waals surface area contributed by atoms with Crippen LogP contribution in [0.2, 0.25) is 0 Å². The van der Waals surface area contributed by atoms with Gasteiger partial charge in [0.2, 0.25) is 0 Å². The Morgan fingerprint density at radius 2 is 2.14 bits per heavy atom. The molecule has 0 saturated heterocycles. The Morgan fingerprint density at radius 1 is 1.57 bits per heavy atom. The number of nitrogens with two attached hydrogens (primary N) is 2. The lowest BCUT2D eigenvalue weighted by Crippen LogP contribution is -2.15. The number of hydrogen-bond acceptors (Lipinski definition) is 3. The van der Waals surface area contributed by atoms with Crippen molar-refractivity contribution in [1.82, 2.24) is 4.98 Å². The first-order valence-corrected chi connectivity index (χ1v) is 4.55. The molecule has 1 aromatic rings. The summed E-state index contributed by atoms with van der Waals surface area (Å²) >= 11 is 1.58. The van der Waals surface area contributed by atoms with Gasteiger partial charge in [0.25, 0.3) is 12.3 Å². The minimum Gasteiger partial charge on any atom is -0.398 e. The van der Waals surface area contributed by atoms with E-state index in [2.05, 4.69) is 4.98 Å². The van der Waals surface area contributed by atoms with Gasteiger partial charge in [0, 0.05) is 5.69 Å². The second kappa shape index (κ2) is 4.03. The molecule has 0 aromatic carbocycles. The fourth-order valence-corrected chi connectivity index (χ4v) is 1.69. The molecule has 0 bridgehead atoms. The number of hydrogen-bond donors (Lipinski definition) is 2. The van der Waals surface area contributed by atoms with E-state index in [9.17, 15) is 13.6 Å². The number of carbonyl (C=O) groups is 1. The van der Waals surface area contributed by atoms with Crippen LogP contribution in [0.1, 0.15) is 22.5 Å². The lowest BCUT2D eigenvalue weighted by atomic mass is 10.2. The smallest absolute Gasteiger partial charge is 0.268 e.